The van der Waals surface area contributed by atoms with Crippen LogP contribution in [0.4, 0.5) is 27.6 Å². The second kappa shape index (κ2) is 9.40. The average molecular weight is 501 g/mol. The van der Waals surface area contributed by atoms with Crippen LogP contribution in [-0.2, 0) is 9.53 Å². The summed E-state index contributed by atoms with van der Waals surface area (Å²) in [5.74, 6) is -7.90. The first-order valence-corrected chi connectivity index (χ1v) is 10.6. The van der Waals surface area contributed by atoms with Gasteiger partial charge in [0.25, 0.3) is 11.8 Å². The van der Waals surface area contributed by atoms with Crippen LogP contribution in [0.5, 0.6) is 5.75 Å². The highest BCUT2D eigenvalue weighted by atomic mass is 19.4. The summed E-state index contributed by atoms with van der Waals surface area (Å²) in [6.45, 7) is 5.07. The molecule has 12 heteroatoms. The van der Waals surface area contributed by atoms with Gasteiger partial charge < -0.3 is 20.5 Å². The molecule has 7 nitrogen and oxygen atoms in total. The molecule has 4 atom stereocenters. The van der Waals surface area contributed by atoms with Crippen molar-refractivity contribution in [3.8, 4) is 5.75 Å². The number of benzene rings is 1. The molecule has 2 aromatic rings. The summed E-state index contributed by atoms with van der Waals surface area (Å²) < 4.78 is 81.6. The van der Waals surface area contributed by atoms with Gasteiger partial charge in [-0.05, 0) is 39.0 Å². The van der Waals surface area contributed by atoms with Crippen LogP contribution in [0.1, 0.15) is 49.7 Å². The number of nitrogens with two attached hydrogens (primary N) is 1. The summed E-state index contributed by atoms with van der Waals surface area (Å²) in [4.78, 5) is 28.3. The Morgan fingerprint density at radius 3 is 2.46 bits per heavy atom. The van der Waals surface area contributed by atoms with Crippen molar-refractivity contribution in [1.29, 1.82) is 0 Å². The summed E-state index contributed by atoms with van der Waals surface area (Å²) in [7, 11) is 0. The number of carbonyl (C=O) groups excluding carboxylic acids is 2. The molecule has 0 saturated carbocycles. The number of carbonyl (C=O) groups is 2. The number of ether oxygens (including phenoxy) is 2. The third-order valence-electron chi connectivity index (χ3n) is 6.00. The Bertz CT molecular complexity index is 1140. The molecule has 1 aromatic carbocycles. The van der Waals surface area contributed by atoms with E-state index in [0.29, 0.717) is 0 Å². The zero-order valence-electron chi connectivity index (χ0n) is 19.2. The number of pyridine rings is 1. The Balaban J connectivity index is 2.10. The lowest BCUT2D eigenvalue weighted by molar-refractivity contribution is -0.272. The van der Waals surface area contributed by atoms with E-state index in [2.05, 4.69) is 10.3 Å². The van der Waals surface area contributed by atoms with Crippen LogP contribution in [0.3, 0.4) is 0 Å². The summed E-state index contributed by atoms with van der Waals surface area (Å²) in [6, 6.07) is 4.28. The zero-order chi connectivity index (χ0) is 26.3. The molecule has 1 aliphatic rings. The predicted octanol–water partition coefficient (Wildman–Crippen LogP) is 4.32. The van der Waals surface area contributed by atoms with E-state index >= 15 is 0 Å². The highest BCUT2D eigenvalue weighted by molar-refractivity contribution is 5.97. The molecular formula is C23H24F5N3O4. The quantitative estimate of drug-likeness (QED) is 0.574. The van der Waals surface area contributed by atoms with Gasteiger partial charge >= 0.3 is 6.18 Å². The van der Waals surface area contributed by atoms with Gasteiger partial charge in [-0.25, -0.2) is 4.39 Å². The highest BCUT2D eigenvalue weighted by Gasteiger charge is 2.66. The summed E-state index contributed by atoms with van der Waals surface area (Å²) in [5, 5.41) is 2.39. The van der Waals surface area contributed by atoms with Gasteiger partial charge in [0.1, 0.15) is 11.8 Å². The minimum atomic E-state index is -4.90. The van der Waals surface area contributed by atoms with Gasteiger partial charge in [-0.15, -0.1) is 0 Å². The Morgan fingerprint density at radius 1 is 1.23 bits per heavy atom. The van der Waals surface area contributed by atoms with Crippen molar-refractivity contribution in [2.75, 3.05) is 5.32 Å². The number of nitrogens with zero attached hydrogens (tertiary/aromatic N) is 1. The fraction of sp³-hybridized carbons (Fsp3) is 0.435. The third-order valence-corrected chi connectivity index (χ3v) is 6.00. The van der Waals surface area contributed by atoms with Gasteiger partial charge in [-0.2, -0.15) is 17.6 Å². The van der Waals surface area contributed by atoms with Gasteiger partial charge in [-0.1, -0.05) is 13.0 Å². The van der Waals surface area contributed by atoms with E-state index in [1.54, 1.807) is 0 Å². The first kappa shape index (κ1) is 26.3. The lowest BCUT2D eigenvalue weighted by atomic mass is 9.77. The lowest BCUT2D eigenvalue weighted by Crippen LogP contribution is -2.47. The minimum absolute atomic E-state index is 0.0263. The molecule has 0 bridgehead atoms. The molecular weight excluding hydrogens is 477 g/mol. The van der Waals surface area contributed by atoms with E-state index < -0.39 is 65.0 Å². The van der Waals surface area contributed by atoms with Crippen LogP contribution >= 0.6 is 0 Å². The van der Waals surface area contributed by atoms with Gasteiger partial charge in [-0.3, -0.25) is 14.6 Å². The van der Waals surface area contributed by atoms with E-state index in [1.807, 2.05) is 0 Å². The Morgan fingerprint density at radius 2 is 1.89 bits per heavy atom. The van der Waals surface area contributed by atoms with E-state index in [4.69, 9.17) is 15.2 Å². The van der Waals surface area contributed by atoms with Crippen LogP contribution in [0.2, 0.25) is 0 Å². The lowest BCUT2D eigenvalue weighted by Gasteiger charge is -2.32. The molecule has 1 fully saturated rings. The molecule has 0 unspecified atom stereocenters. The molecule has 0 aliphatic carbocycles. The van der Waals surface area contributed by atoms with Crippen molar-refractivity contribution in [2.24, 2.45) is 11.7 Å². The maximum absolute atomic E-state index is 14.7. The third kappa shape index (κ3) is 4.93. The van der Waals surface area contributed by atoms with Gasteiger partial charge in [0.15, 0.2) is 17.2 Å². The SMILES string of the molecule is CC(C)Oc1c([C@H]2[C@@H](C(=O)Nc3ccnc(C(N)=O)c3)O[C@](C)(C(F)(F)F)[C@H]2C)ccc(F)c1F. The maximum Gasteiger partial charge on any atom is 0.417 e. The molecule has 2 heterocycles. The number of nitrogens with one attached hydrogen (secondary N) is 1. The molecule has 3 N–H and O–H groups in total. The van der Waals surface area contributed by atoms with Crippen molar-refractivity contribution >= 4 is 17.5 Å². The molecule has 35 heavy (non-hydrogen) atoms. The fourth-order valence-electron chi connectivity index (χ4n) is 4.04. The number of halogens is 5. The van der Waals surface area contributed by atoms with E-state index in [-0.39, 0.29) is 16.9 Å². The van der Waals surface area contributed by atoms with Crippen LogP contribution in [0.15, 0.2) is 30.5 Å². The maximum atomic E-state index is 14.7. The number of hydrogen-bond acceptors (Lipinski definition) is 5. The smallest absolute Gasteiger partial charge is 0.417 e. The van der Waals surface area contributed by atoms with Crippen molar-refractivity contribution in [3.05, 3.63) is 53.4 Å². The van der Waals surface area contributed by atoms with Crippen molar-refractivity contribution in [2.45, 2.75) is 57.6 Å². The van der Waals surface area contributed by atoms with Crippen LogP contribution in [-0.4, -0.2) is 40.8 Å². The highest BCUT2D eigenvalue weighted by Crippen LogP contribution is 2.55. The number of primary amides is 1. The molecule has 1 saturated heterocycles. The van der Waals surface area contributed by atoms with E-state index in [0.717, 1.165) is 25.1 Å². The molecule has 0 radical (unpaired) electrons. The van der Waals surface area contributed by atoms with E-state index in [1.165, 1.54) is 33.0 Å². The standard InChI is InChI=1S/C23H24F5N3O4/c1-10(2)34-18-13(5-6-14(24)17(18)25)16-11(3)22(4,23(26,27)28)35-19(16)21(33)31-12-7-8-30-15(9-12)20(29)32/h5-11,16,19H,1-4H3,(H2,29,32)(H,30,31,33)/t11-,16-,19-,22-/m0/s1. The zero-order valence-corrected chi connectivity index (χ0v) is 19.2. The summed E-state index contributed by atoms with van der Waals surface area (Å²) >= 11 is 0. The Labute approximate surface area is 197 Å². The number of aromatic nitrogens is 1. The normalized spacial score (nSPS) is 24.5. The number of amides is 2. The number of anilines is 1. The summed E-state index contributed by atoms with van der Waals surface area (Å²) in [5.41, 5.74) is 2.07. The molecule has 190 valence electrons. The van der Waals surface area contributed by atoms with Crippen LogP contribution < -0.4 is 15.8 Å². The second-order valence-electron chi connectivity index (χ2n) is 8.69. The Kier molecular flexibility index (Phi) is 7.07. The molecule has 3 rings (SSSR count). The largest absolute Gasteiger partial charge is 0.488 e. The fourth-order valence-corrected chi connectivity index (χ4v) is 4.04. The monoisotopic (exact) mass is 501 g/mol. The number of rotatable bonds is 6. The molecule has 1 aromatic heterocycles. The first-order valence-electron chi connectivity index (χ1n) is 10.6. The van der Waals surface area contributed by atoms with Gasteiger partial charge in [0.2, 0.25) is 5.82 Å². The van der Waals surface area contributed by atoms with Crippen molar-refractivity contribution in [1.82, 2.24) is 4.98 Å². The number of alkyl halides is 3. The average Bonchev–Trinajstić information content (AvgIpc) is 3.04. The van der Waals surface area contributed by atoms with E-state index in [9.17, 15) is 31.5 Å². The van der Waals surface area contributed by atoms with Crippen LogP contribution in [0, 0.1) is 17.6 Å². The molecule has 1 aliphatic heterocycles. The molecule has 0 spiro atoms. The number of hydrogen-bond donors (Lipinski definition) is 2. The topological polar surface area (TPSA) is 104 Å². The Hall–Kier alpha value is -3.28. The van der Waals surface area contributed by atoms with Crippen molar-refractivity contribution < 1.29 is 41.0 Å². The predicted molar refractivity (Wildman–Crippen MR) is 115 cm³/mol. The second-order valence-corrected chi connectivity index (χ2v) is 8.69. The summed E-state index contributed by atoms with van der Waals surface area (Å²) in [6.07, 6.45) is -6.14. The van der Waals surface area contributed by atoms with Gasteiger partial charge in [0, 0.05) is 29.3 Å². The van der Waals surface area contributed by atoms with Gasteiger partial charge in [0.05, 0.1) is 6.10 Å². The molecule has 2 amide bonds. The first-order chi connectivity index (χ1) is 16.2. The minimum Gasteiger partial charge on any atom is -0.488 e. The van der Waals surface area contributed by atoms with Crippen molar-refractivity contribution in [3.63, 3.8) is 0 Å². The van der Waals surface area contributed by atoms with Crippen LogP contribution in [0.25, 0.3) is 0 Å².